The molecule has 0 N–H and O–H groups in total. The van der Waals surface area contributed by atoms with Gasteiger partial charge in [-0.15, -0.1) is 0 Å². The van der Waals surface area contributed by atoms with Crippen molar-refractivity contribution in [2.24, 2.45) is 23.7 Å². The van der Waals surface area contributed by atoms with Crippen molar-refractivity contribution in [3.05, 3.63) is 62.9 Å². The van der Waals surface area contributed by atoms with Gasteiger partial charge in [0.05, 0.1) is 5.92 Å². The van der Waals surface area contributed by atoms with Gasteiger partial charge >= 0.3 is 5.97 Å². The number of carbonyl (C=O) groups is 1. The van der Waals surface area contributed by atoms with Crippen LogP contribution in [0.15, 0.2) is 57.2 Å². The van der Waals surface area contributed by atoms with Gasteiger partial charge in [-0.1, -0.05) is 41.4 Å². The molecule has 1 aromatic heterocycles. The first-order valence-corrected chi connectivity index (χ1v) is 10.2. The number of cyclic esters (lactones) is 1. The zero-order valence-corrected chi connectivity index (χ0v) is 17.2. The van der Waals surface area contributed by atoms with Gasteiger partial charge in [0.1, 0.15) is 6.10 Å². The zero-order chi connectivity index (χ0) is 18.4. The average molecular weight is 455 g/mol. The minimum absolute atomic E-state index is 0.0528. The van der Waals surface area contributed by atoms with Gasteiger partial charge in [0.25, 0.3) is 0 Å². The minimum Gasteiger partial charge on any atom is -0.462 e. The Hall–Kier alpha value is -1.10. The van der Waals surface area contributed by atoms with E-state index in [-0.39, 0.29) is 41.7 Å². The van der Waals surface area contributed by atoms with Crippen molar-refractivity contribution in [3.8, 4) is 0 Å². The fourth-order valence-electron chi connectivity index (χ4n) is 4.49. The number of esters is 1. The van der Waals surface area contributed by atoms with Crippen LogP contribution in [0.25, 0.3) is 0 Å². The molecule has 6 atom stereocenters. The SMILES string of the molecule is C[C@H]1OC(=O)[C@@H]2C=C[C@H](C3CC=C(Cl)C=C3Cl)[C@H](c3ccc(Br)cn3)[C@H]12. The molecule has 1 aliphatic heterocycles. The van der Waals surface area contributed by atoms with Crippen LogP contribution in [0.5, 0.6) is 0 Å². The molecule has 0 spiro atoms. The third-order valence-electron chi connectivity index (χ3n) is 5.65. The summed E-state index contributed by atoms with van der Waals surface area (Å²) in [5, 5.41) is 1.43. The highest BCUT2D eigenvalue weighted by atomic mass is 79.9. The van der Waals surface area contributed by atoms with Crippen LogP contribution >= 0.6 is 39.1 Å². The van der Waals surface area contributed by atoms with Crippen molar-refractivity contribution >= 4 is 45.1 Å². The van der Waals surface area contributed by atoms with E-state index in [1.54, 1.807) is 6.20 Å². The predicted molar refractivity (Wildman–Crippen MR) is 106 cm³/mol. The maximum Gasteiger partial charge on any atom is 0.313 e. The number of rotatable bonds is 2. The summed E-state index contributed by atoms with van der Waals surface area (Å²) in [5.41, 5.74) is 0.966. The van der Waals surface area contributed by atoms with E-state index >= 15 is 0 Å². The quantitative estimate of drug-likeness (QED) is 0.434. The Bertz CT molecular complexity index is 818. The number of ether oxygens (including phenoxy) is 1. The Morgan fingerprint density at radius 2 is 2.08 bits per heavy atom. The van der Waals surface area contributed by atoms with Gasteiger partial charge in [-0.3, -0.25) is 9.78 Å². The number of pyridine rings is 1. The predicted octanol–water partition coefficient (Wildman–Crippen LogP) is 5.56. The van der Waals surface area contributed by atoms with E-state index in [2.05, 4.69) is 27.0 Å². The highest BCUT2D eigenvalue weighted by molar-refractivity contribution is 9.10. The summed E-state index contributed by atoms with van der Waals surface area (Å²) in [6.45, 7) is 1.97. The van der Waals surface area contributed by atoms with Crippen LogP contribution in [0.3, 0.4) is 0 Å². The summed E-state index contributed by atoms with van der Waals surface area (Å²) >= 11 is 16.1. The standard InChI is InChI=1S/C20H18BrCl2NO2/c1-10-18-15(20(25)26-10)6-5-14(13-4-3-12(22)8-16(13)23)19(18)17-7-2-11(21)9-24-17/h2-3,5-10,13-15,18-19H,4H2,1H3/t10-,13?,14-,15-,18-,19-/m1/s1. The molecule has 1 aromatic rings. The largest absolute Gasteiger partial charge is 0.462 e. The molecule has 0 radical (unpaired) electrons. The van der Waals surface area contributed by atoms with Crippen molar-refractivity contribution in [1.82, 2.24) is 4.98 Å². The summed E-state index contributed by atoms with van der Waals surface area (Å²) in [5.74, 6) is -0.00920. The van der Waals surface area contributed by atoms with Crippen molar-refractivity contribution in [1.29, 1.82) is 0 Å². The molecule has 2 heterocycles. The molecule has 3 aliphatic rings. The molecule has 1 fully saturated rings. The Labute approximate surface area is 171 Å². The van der Waals surface area contributed by atoms with Crippen molar-refractivity contribution in [2.45, 2.75) is 25.4 Å². The van der Waals surface area contributed by atoms with Crippen LogP contribution in [0.2, 0.25) is 0 Å². The van der Waals surface area contributed by atoms with Crippen LogP contribution in [0.1, 0.15) is 25.0 Å². The van der Waals surface area contributed by atoms with Crippen LogP contribution in [-0.2, 0) is 9.53 Å². The lowest BCUT2D eigenvalue weighted by Gasteiger charge is -2.40. The molecular weight excluding hydrogens is 437 g/mol. The van der Waals surface area contributed by atoms with E-state index in [9.17, 15) is 4.79 Å². The molecule has 4 rings (SSSR count). The van der Waals surface area contributed by atoms with Gasteiger partial charge in [0, 0.05) is 44.2 Å². The molecule has 0 amide bonds. The molecule has 1 unspecified atom stereocenters. The number of carbonyl (C=O) groups excluding carboxylic acids is 1. The smallest absolute Gasteiger partial charge is 0.313 e. The number of hydrogen-bond acceptors (Lipinski definition) is 3. The highest BCUT2D eigenvalue weighted by Crippen LogP contribution is 2.52. The van der Waals surface area contributed by atoms with E-state index in [1.165, 1.54) is 0 Å². The summed E-state index contributed by atoms with van der Waals surface area (Å²) in [7, 11) is 0. The molecule has 0 aromatic carbocycles. The summed E-state index contributed by atoms with van der Waals surface area (Å²) in [6.07, 6.45) is 10.4. The second-order valence-corrected chi connectivity index (χ2v) is 8.88. The molecule has 1 saturated heterocycles. The van der Waals surface area contributed by atoms with Crippen LogP contribution in [0, 0.1) is 23.7 Å². The average Bonchev–Trinajstić information content (AvgIpc) is 2.90. The van der Waals surface area contributed by atoms with Crippen LogP contribution in [0.4, 0.5) is 0 Å². The zero-order valence-electron chi connectivity index (χ0n) is 14.1. The molecule has 2 aliphatic carbocycles. The van der Waals surface area contributed by atoms with Gasteiger partial charge in [-0.25, -0.2) is 0 Å². The third-order valence-corrected chi connectivity index (χ3v) is 6.78. The van der Waals surface area contributed by atoms with E-state index in [0.29, 0.717) is 5.03 Å². The number of fused-ring (bicyclic) bond motifs is 1. The molecule has 26 heavy (non-hydrogen) atoms. The van der Waals surface area contributed by atoms with Crippen LogP contribution < -0.4 is 0 Å². The van der Waals surface area contributed by atoms with Crippen molar-refractivity contribution < 1.29 is 9.53 Å². The van der Waals surface area contributed by atoms with Crippen molar-refractivity contribution in [3.63, 3.8) is 0 Å². The Balaban J connectivity index is 1.78. The molecule has 136 valence electrons. The normalized spacial score (nSPS) is 36.2. The van der Waals surface area contributed by atoms with Gasteiger partial charge in [0.2, 0.25) is 0 Å². The van der Waals surface area contributed by atoms with Gasteiger partial charge in [-0.05, 0) is 53.4 Å². The number of halogens is 3. The summed E-state index contributed by atoms with van der Waals surface area (Å²) in [4.78, 5) is 16.9. The molecule has 0 saturated carbocycles. The fourth-order valence-corrected chi connectivity index (χ4v) is 5.34. The summed E-state index contributed by atoms with van der Waals surface area (Å²) in [6, 6.07) is 4.01. The van der Waals surface area contributed by atoms with E-state index in [4.69, 9.17) is 27.9 Å². The Morgan fingerprint density at radius 3 is 2.77 bits per heavy atom. The first kappa shape index (κ1) is 18.3. The van der Waals surface area contributed by atoms with Gasteiger partial charge in [0.15, 0.2) is 0 Å². The first-order chi connectivity index (χ1) is 12.5. The minimum atomic E-state index is -0.220. The van der Waals surface area contributed by atoms with Crippen molar-refractivity contribution in [2.75, 3.05) is 0 Å². The fraction of sp³-hybridized carbons (Fsp3) is 0.400. The summed E-state index contributed by atoms with van der Waals surface area (Å²) < 4.78 is 6.48. The highest BCUT2D eigenvalue weighted by Gasteiger charge is 2.51. The topological polar surface area (TPSA) is 39.2 Å². The third kappa shape index (κ3) is 3.17. The Morgan fingerprint density at radius 1 is 1.27 bits per heavy atom. The molecule has 6 heteroatoms. The second-order valence-electron chi connectivity index (χ2n) is 7.09. The maximum absolute atomic E-state index is 12.3. The number of allylic oxidation sites excluding steroid dienone is 5. The number of nitrogens with zero attached hydrogens (tertiary/aromatic N) is 1. The molecule has 0 bridgehead atoms. The molecule has 3 nitrogen and oxygen atoms in total. The van der Waals surface area contributed by atoms with E-state index in [0.717, 1.165) is 21.6 Å². The second kappa shape index (κ2) is 7.14. The monoisotopic (exact) mass is 453 g/mol. The molecular formula is C20H18BrCl2NO2. The maximum atomic E-state index is 12.3. The van der Waals surface area contributed by atoms with Gasteiger partial charge in [-0.2, -0.15) is 0 Å². The lowest BCUT2D eigenvalue weighted by molar-refractivity contribution is -0.142. The van der Waals surface area contributed by atoms with Crippen LogP contribution in [-0.4, -0.2) is 17.1 Å². The first-order valence-electron chi connectivity index (χ1n) is 8.68. The van der Waals surface area contributed by atoms with E-state index < -0.39 is 0 Å². The number of hydrogen-bond donors (Lipinski definition) is 0. The van der Waals surface area contributed by atoms with Gasteiger partial charge < -0.3 is 4.74 Å². The van der Waals surface area contributed by atoms with E-state index in [1.807, 2.05) is 37.3 Å². The Kier molecular flexibility index (Phi) is 5.02. The lowest BCUT2D eigenvalue weighted by Crippen LogP contribution is -2.37. The number of aromatic nitrogens is 1. The lowest BCUT2D eigenvalue weighted by atomic mass is 9.63.